The Kier molecular flexibility index (Phi) is 14.0. The molecule has 0 radical (unpaired) electrons. The van der Waals surface area contributed by atoms with Crippen molar-refractivity contribution in [1.29, 1.82) is 0 Å². The summed E-state index contributed by atoms with van der Waals surface area (Å²) in [6.45, 7) is 10.6. The fraction of sp³-hybridized carbons (Fsp3) is 0.107. The molecule has 34 heavy (non-hydrogen) atoms. The van der Waals surface area contributed by atoms with E-state index in [2.05, 4.69) is 60.2 Å². The third kappa shape index (κ3) is 12.6. The van der Waals surface area contributed by atoms with Crippen molar-refractivity contribution in [2.24, 2.45) is 4.76 Å². The molecule has 3 aromatic carbocycles. The van der Waals surface area contributed by atoms with E-state index in [1.54, 1.807) is 12.4 Å². The van der Waals surface area contributed by atoms with Crippen molar-refractivity contribution in [3.8, 4) is 0 Å². The maximum atomic E-state index is 10.4. The Labute approximate surface area is 216 Å². The summed E-state index contributed by atoms with van der Waals surface area (Å²) < 4.78 is 4.66. The summed E-state index contributed by atoms with van der Waals surface area (Å²) in [5.41, 5.74) is 0.747. The molecular formula is C28H33N2NiOPSi. The van der Waals surface area contributed by atoms with Crippen LogP contribution in [0.4, 0.5) is 0 Å². The van der Waals surface area contributed by atoms with Crippen molar-refractivity contribution >= 4 is 32.7 Å². The standard InChI is InChI=1S/C19H16NOP.C5H5N.C4H11Si.Ni/c21-19(16-10-4-1-5-11-16)20-22(17-12-6-2-7-13-17)18-14-8-3-9-15-18;1-2-4-6-5-3-1;1-5(2,3)4;/h1-15H,(H,20,21);1-5H;1H2,2-4H3;/q;;-1;/p+1. The predicted octanol–water partition coefficient (Wildman–Crippen LogP) is 6.55. The molecule has 1 N–H and O–H groups in total. The summed E-state index contributed by atoms with van der Waals surface area (Å²) in [5, 5.41) is 12.7. The van der Waals surface area contributed by atoms with E-state index in [-0.39, 0.29) is 22.4 Å². The summed E-state index contributed by atoms with van der Waals surface area (Å²) in [6.07, 6.45) is 3.50. The van der Waals surface area contributed by atoms with Gasteiger partial charge in [0.25, 0.3) is 5.90 Å². The molecule has 1 heterocycles. The van der Waals surface area contributed by atoms with Crippen molar-refractivity contribution in [3.05, 3.63) is 134 Å². The Morgan fingerprint density at radius 2 is 1.06 bits per heavy atom. The van der Waals surface area contributed by atoms with Crippen LogP contribution < -0.4 is 10.6 Å². The van der Waals surface area contributed by atoms with Gasteiger partial charge in [-0.2, -0.15) is 0 Å². The maximum Gasteiger partial charge on any atom is 0.253 e. The summed E-state index contributed by atoms with van der Waals surface area (Å²) in [7, 11) is -2.27. The Morgan fingerprint density at radius 1 is 0.706 bits per heavy atom. The zero-order valence-corrected chi connectivity index (χ0v) is 22.9. The first-order valence-electron chi connectivity index (χ1n) is 10.9. The molecule has 0 atom stereocenters. The van der Waals surface area contributed by atoms with E-state index >= 15 is 0 Å². The number of aliphatic hydroxyl groups is 1. The number of benzene rings is 3. The van der Waals surface area contributed by atoms with Gasteiger partial charge in [0.15, 0.2) is 8.07 Å². The van der Waals surface area contributed by atoms with Crippen molar-refractivity contribution in [1.82, 2.24) is 4.98 Å². The minimum absolute atomic E-state index is 0. The van der Waals surface area contributed by atoms with E-state index in [0.29, 0.717) is 0 Å². The van der Waals surface area contributed by atoms with Gasteiger partial charge in [0.05, 0.1) is 0 Å². The van der Waals surface area contributed by atoms with Gasteiger partial charge in [0.2, 0.25) is 0 Å². The average Bonchev–Trinajstić information content (AvgIpc) is 2.84. The van der Waals surface area contributed by atoms with Gasteiger partial charge in [0.1, 0.15) is 10.6 Å². The Morgan fingerprint density at radius 3 is 1.38 bits per heavy atom. The zero-order chi connectivity index (χ0) is 23.9. The molecule has 0 amide bonds. The topological polar surface area (TPSA) is 45.5 Å². The van der Waals surface area contributed by atoms with Crippen LogP contribution in [0.5, 0.6) is 0 Å². The number of hydrogen-bond donors (Lipinski definition) is 1. The molecule has 3 nitrogen and oxygen atoms in total. The molecule has 4 aromatic rings. The first kappa shape index (κ1) is 29.5. The smallest absolute Gasteiger partial charge is 0.253 e. The van der Waals surface area contributed by atoms with E-state index in [1.807, 2.05) is 84.9 Å². The number of pyridine rings is 1. The molecule has 180 valence electrons. The minimum Gasteiger partial charge on any atom is -0.491 e. The summed E-state index contributed by atoms with van der Waals surface area (Å²) in [5.74, 6) is 0.0993. The second-order valence-corrected chi connectivity index (χ2v) is 15.7. The first-order chi connectivity index (χ1) is 15.8. The molecule has 0 aliphatic rings. The monoisotopic (exact) mass is 530 g/mol. The molecule has 1 aromatic heterocycles. The van der Waals surface area contributed by atoms with Crippen LogP contribution in [0.25, 0.3) is 0 Å². The van der Waals surface area contributed by atoms with Crippen molar-refractivity contribution < 1.29 is 21.6 Å². The minimum atomic E-state index is -1.41. The van der Waals surface area contributed by atoms with Gasteiger partial charge in [-0.1, -0.05) is 85.1 Å². The molecule has 0 saturated heterocycles. The number of aliphatic hydroxyl groups excluding tert-OH is 1. The summed E-state index contributed by atoms with van der Waals surface area (Å²) in [4.78, 5) is 3.78. The van der Waals surface area contributed by atoms with E-state index in [4.69, 9.17) is 0 Å². The number of aromatic nitrogens is 1. The number of hydrogen-bond acceptors (Lipinski definition) is 2. The van der Waals surface area contributed by atoms with Crippen LogP contribution >= 0.6 is 8.07 Å². The second-order valence-electron chi connectivity index (χ2n) is 8.47. The molecular weight excluding hydrogens is 498 g/mol. The molecule has 4 rings (SSSR count). The van der Waals surface area contributed by atoms with E-state index in [9.17, 15) is 5.11 Å². The molecule has 0 fully saturated rings. The zero-order valence-electron chi connectivity index (χ0n) is 19.9. The van der Waals surface area contributed by atoms with Crippen molar-refractivity contribution in [3.63, 3.8) is 0 Å². The summed E-state index contributed by atoms with van der Waals surface area (Å²) >= 11 is 0. The SMILES string of the molecule is O/C(=N\[PH+](c1ccccc1)c1ccccc1)c1ccccc1.[CH2-][Si](C)(C)C.[Ni].c1ccncc1. The number of rotatable bonds is 4. The average molecular weight is 531 g/mol. The normalized spacial score (nSPS) is 10.7. The number of nitrogens with zero attached hydrogens (tertiary/aromatic N) is 2. The largest absolute Gasteiger partial charge is 0.491 e. The Hall–Kier alpha value is -2.58. The van der Waals surface area contributed by atoms with Crippen LogP contribution in [0.15, 0.2) is 126 Å². The molecule has 6 heteroatoms. The molecule has 0 saturated carbocycles. The van der Waals surface area contributed by atoms with Gasteiger partial charge in [-0.15, -0.1) is 8.07 Å². The van der Waals surface area contributed by atoms with Crippen LogP contribution in [0.2, 0.25) is 19.6 Å². The fourth-order valence-electron chi connectivity index (χ4n) is 2.56. The van der Waals surface area contributed by atoms with Gasteiger partial charge < -0.3 is 11.7 Å². The van der Waals surface area contributed by atoms with Crippen molar-refractivity contribution in [2.75, 3.05) is 0 Å². The third-order valence-electron chi connectivity index (χ3n) is 3.91. The van der Waals surface area contributed by atoms with Gasteiger partial charge in [-0.25, -0.2) is 0 Å². The van der Waals surface area contributed by atoms with E-state index in [1.165, 1.54) is 0 Å². The van der Waals surface area contributed by atoms with Gasteiger partial charge >= 0.3 is 0 Å². The fourth-order valence-corrected chi connectivity index (χ4v) is 4.51. The molecule has 0 aliphatic heterocycles. The quantitative estimate of drug-likeness (QED) is 0.107. The van der Waals surface area contributed by atoms with E-state index < -0.39 is 16.1 Å². The van der Waals surface area contributed by atoms with Crippen molar-refractivity contribution in [2.45, 2.75) is 19.6 Å². The van der Waals surface area contributed by atoms with Gasteiger partial charge in [0, 0.05) is 34.4 Å². The summed E-state index contributed by atoms with van der Waals surface area (Å²) in [6, 6.07) is 35.5. The Balaban J connectivity index is 0.000000400. The molecule has 0 spiro atoms. The van der Waals surface area contributed by atoms with Gasteiger partial charge in [-0.3, -0.25) is 4.98 Å². The Bertz CT molecular complexity index is 989. The molecule has 0 unspecified atom stereocenters. The van der Waals surface area contributed by atoms with E-state index in [0.717, 1.165) is 16.2 Å². The van der Waals surface area contributed by atoms with Crippen LogP contribution in [0.1, 0.15) is 5.56 Å². The van der Waals surface area contributed by atoms with Gasteiger partial charge in [-0.05, 0) is 48.5 Å². The van der Waals surface area contributed by atoms with Crippen LogP contribution in [-0.2, 0) is 16.5 Å². The molecule has 0 bridgehead atoms. The van der Waals surface area contributed by atoms with Crippen LogP contribution in [0.3, 0.4) is 0 Å². The van der Waals surface area contributed by atoms with Crippen LogP contribution in [-0.4, -0.2) is 24.1 Å². The third-order valence-corrected chi connectivity index (χ3v) is 6.11. The first-order valence-corrected chi connectivity index (χ1v) is 16.0. The molecule has 0 aliphatic carbocycles. The second kappa shape index (κ2) is 16.1. The maximum absolute atomic E-state index is 10.4. The predicted molar refractivity (Wildman–Crippen MR) is 149 cm³/mol. The van der Waals surface area contributed by atoms with Crippen LogP contribution in [0, 0.1) is 6.55 Å².